The predicted molar refractivity (Wildman–Crippen MR) is 231 cm³/mol. The van der Waals surface area contributed by atoms with Gasteiger partial charge in [0.15, 0.2) is 5.75 Å². The molecule has 56 heavy (non-hydrogen) atoms. The minimum absolute atomic E-state index is 0.691. The zero-order valence-corrected chi connectivity index (χ0v) is 30.6. The van der Waals surface area contributed by atoms with E-state index in [0.29, 0.717) is 0 Å². The molecular formula is C53H36N2O. The Hall–Kier alpha value is -7.36. The molecule has 1 atom stereocenters. The van der Waals surface area contributed by atoms with Crippen LogP contribution in [0.3, 0.4) is 0 Å². The van der Waals surface area contributed by atoms with Gasteiger partial charge in [-0.3, -0.25) is 0 Å². The van der Waals surface area contributed by atoms with Crippen LogP contribution in [0.4, 0.5) is 34.1 Å². The minimum Gasteiger partial charge on any atom is -0.454 e. The lowest BCUT2D eigenvalue weighted by Crippen LogP contribution is -2.33. The Morgan fingerprint density at radius 1 is 0.321 bits per heavy atom. The highest BCUT2D eigenvalue weighted by atomic mass is 16.5. The molecular weight excluding hydrogens is 681 g/mol. The van der Waals surface area contributed by atoms with Crippen molar-refractivity contribution in [3.05, 3.63) is 241 Å². The van der Waals surface area contributed by atoms with Gasteiger partial charge in [0, 0.05) is 39.6 Å². The van der Waals surface area contributed by atoms with Gasteiger partial charge in [-0.1, -0.05) is 140 Å². The molecule has 1 spiro atoms. The lowest BCUT2D eigenvalue weighted by atomic mass is 9.65. The fraction of sp³-hybridized carbons (Fsp3) is 0.0189. The summed E-state index contributed by atoms with van der Waals surface area (Å²) >= 11 is 0. The highest BCUT2D eigenvalue weighted by molar-refractivity contribution is 5.96. The molecule has 3 nitrogen and oxygen atoms in total. The van der Waals surface area contributed by atoms with Crippen LogP contribution in [0.2, 0.25) is 0 Å². The average Bonchev–Trinajstić information content (AvgIpc) is 3.55. The van der Waals surface area contributed by atoms with E-state index in [4.69, 9.17) is 4.74 Å². The Balaban J connectivity index is 1.25. The Morgan fingerprint density at radius 2 is 0.821 bits per heavy atom. The minimum atomic E-state index is -0.691. The topological polar surface area (TPSA) is 15.7 Å². The van der Waals surface area contributed by atoms with Crippen LogP contribution < -0.4 is 14.5 Å². The van der Waals surface area contributed by atoms with Crippen LogP contribution in [-0.2, 0) is 5.41 Å². The molecule has 3 heteroatoms. The normalized spacial score (nSPS) is 14.6. The second-order valence-electron chi connectivity index (χ2n) is 14.5. The Morgan fingerprint density at radius 3 is 1.45 bits per heavy atom. The van der Waals surface area contributed by atoms with Gasteiger partial charge < -0.3 is 14.5 Å². The standard InChI is InChI=1S/C53H36N2O/c1-5-20-39(21-6-1)54(40-22-7-2-8-23-40)43-32-33-45-44-28-15-16-29-46(44)53(48(45)36-43)47-30-17-31-50(55(41-24-9-3-10-25-41)42-26-11-4-12-27-42)52(47)56-51-35-38-19-14-13-18-37(38)34-49(51)53/h1-36H. The van der Waals surface area contributed by atoms with Crippen LogP contribution in [0.15, 0.2) is 218 Å². The van der Waals surface area contributed by atoms with Crippen molar-refractivity contribution in [1.82, 2.24) is 0 Å². The van der Waals surface area contributed by atoms with Gasteiger partial charge in [-0.15, -0.1) is 0 Å². The molecule has 0 fully saturated rings. The van der Waals surface area contributed by atoms with Gasteiger partial charge in [-0.2, -0.15) is 0 Å². The van der Waals surface area contributed by atoms with Crippen molar-refractivity contribution in [2.45, 2.75) is 5.41 Å². The van der Waals surface area contributed by atoms with Crippen molar-refractivity contribution < 1.29 is 4.74 Å². The van der Waals surface area contributed by atoms with Crippen LogP contribution in [0.5, 0.6) is 11.5 Å². The van der Waals surface area contributed by atoms with E-state index < -0.39 is 5.41 Å². The first kappa shape index (κ1) is 32.1. The summed E-state index contributed by atoms with van der Waals surface area (Å²) in [5.74, 6) is 1.71. The number of benzene rings is 9. The summed E-state index contributed by atoms with van der Waals surface area (Å²) in [7, 11) is 0. The smallest absolute Gasteiger partial charge is 0.156 e. The number of para-hydroxylation sites is 5. The zero-order chi connectivity index (χ0) is 37.1. The first-order valence-electron chi connectivity index (χ1n) is 19.2. The van der Waals surface area contributed by atoms with Gasteiger partial charge in [0.1, 0.15) is 5.75 Å². The van der Waals surface area contributed by atoms with E-state index in [1.165, 1.54) is 27.6 Å². The van der Waals surface area contributed by atoms with E-state index in [1.54, 1.807) is 0 Å². The molecule has 1 aliphatic carbocycles. The fourth-order valence-electron chi connectivity index (χ4n) is 9.12. The second-order valence-corrected chi connectivity index (χ2v) is 14.5. The second kappa shape index (κ2) is 12.9. The van der Waals surface area contributed by atoms with Crippen LogP contribution in [0.25, 0.3) is 21.9 Å². The van der Waals surface area contributed by atoms with E-state index in [9.17, 15) is 0 Å². The van der Waals surface area contributed by atoms with Gasteiger partial charge in [0.05, 0.1) is 11.1 Å². The summed E-state index contributed by atoms with van der Waals surface area (Å²) in [4.78, 5) is 4.69. The van der Waals surface area contributed by atoms with E-state index in [2.05, 4.69) is 228 Å². The van der Waals surface area contributed by atoms with Crippen molar-refractivity contribution in [3.63, 3.8) is 0 Å². The lowest BCUT2D eigenvalue weighted by Gasteiger charge is -2.41. The molecule has 0 aromatic heterocycles. The summed E-state index contributed by atoms with van der Waals surface area (Å²) in [5, 5.41) is 2.33. The van der Waals surface area contributed by atoms with Crippen LogP contribution >= 0.6 is 0 Å². The van der Waals surface area contributed by atoms with E-state index >= 15 is 0 Å². The monoisotopic (exact) mass is 716 g/mol. The number of rotatable bonds is 6. The summed E-state index contributed by atoms with van der Waals surface area (Å²) in [5.41, 5.74) is 12.9. The molecule has 0 saturated carbocycles. The summed E-state index contributed by atoms with van der Waals surface area (Å²) in [6.07, 6.45) is 0. The first-order valence-corrected chi connectivity index (χ1v) is 19.2. The quantitative estimate of drug-likeness (QED) is 0.170. The molecule has 264 valence electrons. The van der Waals surface area contributed by atoms with Crippen molar-refractivity contribution in [2.24, 2.45) is 0 Å². The van der Waals surface area contributed by atoms with Crippen molar-refractivity contribution in [3.8, 4) is 22.6 Å². The molecule has 2 aliphatic rings. The SMILES string of the molecule is c1ccc(N(c2ccccc2)c2ccc3c(c2)C2(c4cc5ccccc5cc4Oc4c(N(c5ccccc5)c5ccccc5)cccc42)c2ccccc2-3)cc1. The van der Waals surface area contributed by atoms with Gasteiger partial charge in [0.2, 0.25) is 0 Å². The largest absolute Gasteiger partial charge is 0.454 e. The first-order chi connectivity index (χ1) is 27.8. The number of fused-ring (bicyclic) bond motifs is 10. The summed E-state index contributed by atoms with van der Waals surface area (Å²) in [6.45, 7) is 0. The van der Waals surface area contributed by atoms with Gasteiger partial charge in [-0.05, 0) is 112 Å². The maximum atomic E-state index is 7.32. The summed E-state index contributed by atoms with van der Waals surface area (Å²) < 4.78 is 7.32. The highest BCUT2D eigenvalue weighted by Crippen LogP contribution is 2.65. The van der Waals surface area contributed by atoms with Gasteiger partial charge >= 0.3 is 0 Å². The van der Waals surface area contributed by atoms with Gasteiger partial charge in [-0.25, -0.2) is 0 Å². The Bertz CT molecular complexity index is 2810. The van der Waals surface area contributed by atoms with Crippen molar-refractivity contribution in [1.29, 1.82) is 0 Å². The van der Waals surface area contributed by atoms with Gasteiger partial charge in [0.25, 0.3) is 0 Å². The highest BCUT2D eigenvalue weighted by Gasteiger charge is 2.52. The number of hydrogen-bond donors (Lipinski definition) is 0. The molecule has 0 N–H and O–H groups in total. The van der Waals surface area contributed by atoms with Crippen LogP contribution in [-0.4, -0.2) is 0 Å². The molecule has 11 rings (SSSR count). The molecule has 0 saturated heterocycles. The number of anilines is 6. The van der Waals surface area contributed by atoms with Crippen LogP contribution in [0, 0.1) is 0 Å². The molecule has 9 aromatic rings. The van der Waals surface area contributed by atoms with Crippen molar-refractivity contribution >= 4 is 44.9 Å². The fourth-order valence-corrected chi connectivity index (χ4v) is 9.12. The van der Waals surface area contributed by atoms with Crippen molar-refractivity contribution in [2.75, 3.05) is 9.80 Å². The molecule has 0 radical (unpaired) electrons. The molecule has 0 amide bonds. The van der Waals surface area contributed by atoms with E-state index in [1.807, 2.05) is 0 Å². The number of nitrogens with zero attached hydrogens (tertiary/aromatic N) is 2. The Labute approximate surface area is 326 Å². The van der Waals surface area contributed by atoms with Crippen LogP contribution in [0.1, 0.15) is 22.3 Å². The number of hydrogen-bond acceptors (Lipinski definition) is 3. The maximum absolute atomic E-state index is 7.32. The zero-order valence-electron chi connectivity index (χ0n) is 30.6. The predicted octanol–water partition coefficient (Wildman–Crippen LogP) is 14.2. The third kappa shape index (κ3) is 4.84. The molecule has 1 aliphatic heterocycles. The average molecular weight is 717 g/mol. The molecule has 9 aromatic carbocycles. The van der Waals surface area contributed by atoms with E-state index in [0.717, 1.165) is 62.1 Å². The van der Waals surface area contributed by atoms with E-state index in [-0.39, 0.29) is 0 Å². The third-order valence-corrected chi connectivity index (χ3v) is 11.4. The third-order valence-electron chi connectivity index (χ3n) is 11.4. The maximum Gasteiger partial charge on any atom is 0.156 e. The molecule has 0 bridgehead atoms. The molecule has 1 unspecified atom stereocenters. The Kier molecular flexibility index (Phi) is 7.39. The summed E-state index contributed by atoms with van der Waals surface area (Å²) in [6, 6.07) is 78.5. The molecule has 1 heterocycles. The lowest BCUT2D eigenvalue weighted by molar-refractivity contribution is 0.438. The number of ether oxygens (including phenoxy) is 1.